The third-order valence-corrected chi connectivity index (χ3v) is 4.52. The van der Waals surface area contributed by atoms with Crippen molar-refractivity contribution in [1.82, 2.24) is 19.7 Å². The Bertz CT molecular complexity index is 1160. The van der Waals surface area contributed by atoms with Crippen LogP contribution in [0.2, 0.25) is 0 Å². The van der Waals surface area contributed by atoms with Crippen LogP contribution in [0, 0.1) is 0 Å². The highest BCUT2D eigenvalue weighted by Crippen LogP contribution is 2.26. The van der Waals surface area contributed by atoms with Crippen molar-refractivity contribution in [3.8, 4) is 22.5 Å². The van der Waals surface area contributed by atoms with Crippen LogP contribution in [0.4, 0.5) is 0 Å². The van der Waals surface area contributed by atoms with E-state index in [1.165, 1.54) is 4.68 Å². The summed E-state index contributed by atoms with van der Waals surface area (Å²) in [6.45, 7) is 0.938. The molecule has 0 aliphatic carbocycles. The molecule has 0 aliphatic heterocycles. The Morgan fingerprint density at radius 2 is 1.80 bits per heavy atom. The second kappa shape index (κ2) is 10.2. The second-order valence-electron chi connectivity index (χ2n) is 6.43. The number of para-hydroxylation sites is 1. The minimum atomic E-state index is -1.01. The van der Waals surface area contributed by atoms with E-state index in [1.807, 2.05) is 42.5 Å². The van der Waals surface area contributed by atoms with Crippen LogP contribution in [-0.2, 0) is 6.54 Å². The molecule has 1 aromatic carbocycles. The molecule has 3 aromatic heterocycles. The average Bonchev–Trinajstić information content (AvgIpc) is 3.16. The van der Waals surface area contributed by atoms with Gasteiger partial charge in [0.2, 0.25) is 0 Å². The molecule has 0 aliphatic rings. The Morgan fingerprint density at radius 1 is 1.00 bits per heavy atom. The van der Waals surface area contributed by atoms with Crippen LogP contribution in [0.3, 0.4) is 0 Å². The number of carboxylic acids is 1. The first kappa shape index (κ1) is 23.3. The Hall–Kier alpha value is -3.00. The van der Waals surface area contributed by atoms with E-state index in [4.69, 9.17) is 5.73 Å². The lowest BCUT2D eigenvalue weighted by Crippen LogP contribution is -2.12. The zero-order valence-electron chi connectivity index (χ0n) is 15.9. The molecule has 0 saturated carbocycles. The number of fused-ring (bicyclic) bond motifs is 1. The summed E-state index contributed by atoms with van der Waals surface area (Å²) in [6.07, 6.45) is 4.14. The highest BCUT2D eigenvalue weighted by molar-refractivity contribution is 5.88. The summed E-state index contributed by atoms with van der Waals surface area (Å²) in [5.74, 6) is -1.01. The zero-order chi connectivity index (χ0) is 19.5. The number of carbonyl (C=O) groups is 1. The smallest absolute Gasteiger partial charge is 0.354 e. The SMILES string of the molecule is Cl.Cl.NCCCn1nc(-c2ccnc(-c3cnc4ccccc4c3)c2)cc1C(=O)O. The lowest BCUT2D eigenvalue weighted by atomic mass is 10.1. The molecule has 3 heterocycles. The summed E-state index contributed by atoms with van der Waals surface area (Å²) in [5.41, 5.74) is 9.64. The number of aryl methyl sites for hydroxylation is 1. The van der Waals surface area contributed by atoms with Gasteiger partial charge in [0.25, 0.3) is 0 Å². The molecule has 9 heteroatoms. The van der Waals surface area contributed by atoms with Gasteiger partial charge in [-0.1, -0.05) is 18.2 Å². The molecule has 0 bridgehead atoms. The van der Waals surface area contributed by atoms with Crippen molar-refractivity contribution in [2.75, 3.05) is 6.54 Å². The van der Waals surface area contributed by atoms with Gasteiger partial charge in [0, 0.05) is 35.5 Å². The number of aromatic nitrogens is 4. The molecule has 156 valence electrons. The molecular formula is C21H21Cl2N5O2. The fraction of sp³-hybridized carbons (Fsp3) is 0.143. The summed E-state index contributed by atoms with van der Waals surface area (Å²) >= 11 is 0. The zero-order valence-corrected chi connectivity index (χ0v) is 17.6. The molecule has 0 spiro atoms. The van der Waals surface area contributed by atoms with E-state index in [0.717, 1.165) is 27.7 Å². The van der Waals surface area contributed by atoms with Crippen molar-refractivity contribution >= 4 is 41.7 Å². The number of aromatic carboxylic acids is 1. The van der Waals surface area contributed by atoms with E-state index in [1.54, 1.807) is 18.5 Å². The van der Waals surface area contributed by atoms with Crippen LogP contribution in [0.1, 0.15) is 16.9 Å². The minimum absolute atomic E-state index is 0. The number of nitrogens with two attached hydrogens (primary N) is 1. The molecule has 0 saturated heterocycles. The van der Waals surface area contributed by atoms with Gasteiger partial charge >= 0.3 is 5.97 Å². The molecule has 4 aromatic rings. The highest BCUT2D eigenvalue weighted by atomic mass is 35.5. The topological polar surface area (TPSA) is 107 Å². The minimum Gasteiger partial charge on any atom is -0.477 e. The van der Waals surface area contributed by atoms with Crippen LogP contribution < -0.4 is 5.73 Å². The second-order valence-corrected chi connectivity index (χ2v) is 6.43. The summed E-state index contributed by atoms with van der Waals surface area (Å²) in [7, 11) is 0. The maximum absolute atomic E-state index is 11.5. The molecule has 0 amide bonds. The average molecular weight is 446 g/mol. The van der Waals surface area contributed by atoms with Gasteiger partial charge in [-0.15, -0.1) is 24.8 Å². The number of benzene rings is 1. The van der Waals surface area contributed by atoms with E-state index >= 15 is 0 Å². The maximum atomic E-state index is 11.5. The van der Waals surface area contributed by atoms with Gasteiger partial charge in [0.15, 0.2) is 0 Å². The molecule has 0 atom stereocenters. The predicted octanol–water partition coefficient (Wildman–Crippen LogP) is 4.05. The third kappa shape index (κ3) is 4.76. The van der Waals surface area contributed by atoms with Gasteiger partial charge in [0.05, 0.1) is 16.9 Å². The number of nitrogens with zero attached hydrogens (tertiary/aromatic N) is 4. The van der Waals surface area contributed by atoms with Crippen LogP contribution in [0.15, 0.2) is 60.9 Å². The van der Waals surface area contributed by atoms with Crippen molar-refractivity contribution in [1.29, 1.82) is 0 Å². The van der Waals surface area contributed by atoms with Gasteiger partial charge < -0.3 is 10.8 Å². The number of pyridine rings is 2. The fourth-order valence-corrected chi connectivity index (χ4v) is 3.10. The van der Waals surface area contributed by atoms with Crippen molar-refractivity contribution in [3.63, 3.8) is 0 Å². The van der Waals surface area contributed by atoms with Crippen molar-refractivity contribution in [2.24, 2.45) is 5.73 Å². The van der Waals surface area contributed by atoms with E-state index < -0.39 is 5.97 Å². The summed E-state index contributed by atoms with van der Waals surface area (Å²) in [6, 6.07) is 15.2. The Labute approximate surface area is 185 Å². The molecule has 7 nitrogen and oxygen atoms in total. The van der Waals surface area contributed by atoms with E-state index in [-0.39, 0.29) is 30.5 Å². The quantitative estimate of drug-likeness (QED) is 0.463. The van der Waals surface area contributed by atoms with Crippen molar-refractivity contribution in [3.05, 3.63) is 66.6 Å². The maximum Gasteiger partial charge on any atom is 0.354 e. The molecule has 0 fully saturated rings. The highest BCUT2D eigenvalue weighted by Gasteiger charge is 2.15. The van der Waals surface area contributed by atoms with Crippen molar-refractivity contribution < 1.29 is 9.90 Å². The third-order valence-electron chi connectivity index (χ3n) is 4.52. The number of halogens is 2. The molecular weight excluding hydrogens is 425 g/mol. The van der Waals surface area contributed by atoms with E-state index in [2.05, 4.69) is 15.1 Å². The van der Waals surface area contributed by atoms with Gasteiger partial charge in [-0.3, -0.25) is 14.6 Å². The first-order chi connectivity index (χ1) is 13.7. The first-order valence-corrected chi connectivity index (χ1v) is 8.98. The lowest BCUT2D eigenvalue weighted by molar-refractivity contribution is 0.0683. The predicted molar refractivity (Wildman–Crippen MR) is 121 cm³/mol. The number of rotatable bonds is 6. The van der Waals surface area contributed by atoms with Crippen LogP contribution in [0.5, 0.6) is 0 Å². The molecule has 3 N–H and O–H groups in total. The number of carboxylic acid groups (broad SMARTS) is 1. The van der Waals surface area contributed by atoms with Gasteiger partial charge in [0.1, 0.15) is 5.69 Å². The normalized spacial score (nSPS) is 10.3. The number of hydrogen-bond donors (Lipinski definition) is 2. The van der Waals surface area contributed by atoms with Crippen LogP contribution >= 0.6 is 24.8 Å². The monoisotopic (exact) mass is 445 g/mol. The molecule has 0 unspecified atom stereocenters. The summed E-state index contributed by atoms with van der Waals surface area (Å²) in [4.78, 5) is 20.5. The van der Waals surface area contributed by atoms with Crippen LogP contribution in [-0.4, -0.2) is 37.4 Å². The Balaban J connectivity index is 0.00000160. The molecule has 0 radical (unpaired) electrons. The molecule has 4 rings (SSSR count). The Kier molecular flexibility index (Phi) is 7.88. The standard InChI is InChI=1S/C21H19N5O2.2ClH/c22-7-3-9-26-20(21(27)28)12-19(25-26)15-6-8-23-18(11-15)16-10-14-4-1-2-5-17(14)24-13-16;;/h1-2,4-6,8,10-13H,3,7,9,22H2,(H,27,28);2*1H. The van der Waals surface area contributed by atoms with Gasteiger partial charge in [-0.25, -0.2) is 4.79 Å². The number of hydrogen-bond acceptors (Lipinski definition) is 5. The summed E-state index contributed by atoms with van der Waals surface area (Å²) < 4.78 is 1.49. The van der Waals surface area contributed by atoms with Crippen LogP contribution in [0.25, 0.3) is 33.4 Å². The van der Waals surface area contributed by atoms with E-state index in [9.17, 15) is 9.90 Å². The largest absolute Gasteiger partial charge is 0.477 e. The molecule has 30 heavy (non-hydrogen) atoms. The van der Waals surface area contributed by atoms with Crippen molar-refractivity contribution in [2.45, 2.75) is 13.0 Å². The fourth-order valence-electron chi connectivity index (χ4n) is 3.10. The first-order valence-electron chi connectivity index (χ1n) is 8.98. The lowest BCUT2D eigenvalue weighted by Gasteiger charge is -2.05. The van der Waals surface area contributed by atoms with Gasteiger partial charge in [-0.2, -0.15) is 5.10 Å². The van der Waals surface area contributed by atoms with E-state index in [0.29, 0.717) is 25.2 Å². The van der Waals surface area contributed by atoms with Gasteiger partial charge in [-0.05, 0) is 43.3 Å². The Morgan fingerprint density at radius 3 is 2.57 bits per heavy atom. The summed E-state index contributed by atoms with van der Waals surface area (Å²) in [5, 5.41) is 14.9.